The quantitative estimate of drug-likeness (QED) is 0.623. The van der Waals surface area contributed by atoms with Crippen molar-refractivity contribution in [2.24, 2.45) is 11.8 Å². The monoisotopic (exact) mass is 326 g/mol. The number of fused-ring (bicyclic) bond motifs is 1. The fourth-order valence-electron chi connectivity index (χ4n) is 2.82. The van der Waals surface area contributed by atoms with Gasteiger partial charge in [0.2, 0.25) is 0 Å². The summed E-state index contributed by atoms with van der Waals surface area (Å²) in [5.41, 5.74) is 5.54. The van der Waals surface area contributed by atoms with Crippen LogP contribution in [0.4, 0.5) is 0 Å². The van der Waals surface area contributed by atoms with E-state index in [2.05, 4.69) is 47.3 Å². The fourth-order valence-corrected chi connectivity index (χ4v) is 3.37. The SMILES string of the molecule is CCCC(C)C(Cc1cc(Br)cc2c1OCC2)NN. The highest BCUT2D eigenvalue weighted by molar-refractivity contribution is 9.10. The molecule has 1 aliphatic rings. The third-order valence-electron chi connectivity index (χ3n) is 3.91. The van der Waals surface area contributed by atoms with Gasteiger partial charge in [-0.3, -0.25) is 11.3 Å². The second kappa shape index (κ2) is 6.73. The lowest BCUT2D eigenvalue weighted by Gasteiger charge is -2.24. The first-order chi connectivity index (χ1) is 9.15. The van der Waals surface area contributed by atoms with Crippen LogP contribution >= 0.6 is 15.9 Å². The minimum absolute atomic E-state index is 0.294. The van der Waals surface area contributed by atoms with Gasteiger partial charge in [-0.2, -0.15) is 0 Å². The van der Waals surface area contributed by atoms with E-state index in [4.69, 9.17) is 10.6 Å². The number of nitrogens with two attached hydrogens (primary N) is 1. The molecule has 1 aliphatic heterocycles. The molecule has 0 aromatic heterocycles. The Hall–Kier alpha value is -0.580. The fraction of sp³-hybridized carbons (Fsp3) is 0.600. The zero-order valence-electron chi connectivity index (χ0n) is 11.7. The highest BCUT2D eigenvalue weighted by Crippen LogP contribution is 2.34. The molecule has 1 aromatic rings. The summed E-state index contributed by atoms with van der Waals surface area (Å²) in [7, 11) is 0. The maximum atomic E-state index is 5.78. The zero-order valence-corrected chi connectivity index (χ0v) is 13.3. The predicted molar refractivity (Wildman–Crippen MR) is 82.2 cm³/mol. The van der Waals surface area contributed by atoms with Gasteiger partial charge in [-0.15, -0.1) is 0 Å². The van der Waals surface area contributed by atoms with Gasteiger partial charge in [0, 0.05) is 16.9 Å². The molecule has 3 nitrogen and oxygen atoms in total. The van der Waals surface area contributed by atoms with Gasteiger partial charge in [-0.05, 0) is 42.0 Å². The zero-order chi connectivity index (χ0) is 13.8. The van der Waals surface area contributed by atoms with Gasteiger partial charge in [0.05, 0.1) is 6.61 Å². The highest BCUT2D eigenvalue weighted by Gasteiger charge is 2.22. The Kier molecular flexibility index (Phi) is 5.25. The number of ether oxygens (including phenoxy) is 1. The highest BCUT2D eigenvalue weighted by atomic mass is 79.9. The van der Waals surface area contributed by atoms with E-state index >= 15 is 0 Å². The first kappa shape index (κ1) is 14.8. The van der Waals surface area contributed by atoms with E-state index in [9.17, 15) is 0 Å². The van der Waals surface area contributed by atoms with Crippen LogP contribution in [0.1, 0.15) is 37.8 Å². The number of hydrogen-bond acceptors (Lipinski definition) is 3. The number of halogens is 1. The molecule has 2 atom stereocenters. The molecular weight excluding hydrogens is 304 g/mol. The molecule has 1 heterocycles. The smallest absolute Gasteiger partial charge is 0.125 e. The van der Waals surface area contributed by atoms with E-state index in [0.29, 0.717) is 12.0 Å². The van der Waals surface area contributed by atoms with E-state index in [0.717, 1.165) is 29.7 Å². The summed E-state index contributed by atoms with van der Waals surface area (Å²) >= 11 is 3.59. The summed E-state index contributed by atoms with van der Waals surface area (Å²) in [5.74, 6) is 7.37. The third kappa shape index (κ3) is 3.50. The summed E-state index contributed by atoms with van der Waals surface area (Å²) in [4.78, 5) is 0. The van der Waals surface area contributed by atoms with Crippen LogP contribution in [-0.4, -0.2) is 12.6 Å². The average Bonchev–Trinajstić information content (AvgIpc) is 2.83. The molecule has 0 saturated carbocycles. The molecule has 3 N–H and O–H groups in total. The minimum atomic E-state index is 0.294. The van der Waals surface area contributed by atoms with Crippen molar-refractivity contribution in [3.05, 3.63) is 27.7 Å². The minimum Gasteiger partial charge on any atom is -0.493 e. The summed E-state index contributed by atoms with van der Waals surface area (Å²) in [6.07, 6.45) is 4.30. The van der Waals surface area contributed by atoms with Crippen LogP contribution in [0.3, 0.4) is 0 Å². The van der Waals surface area contributed by atoms with Gasteiger partial charge >= 0.3 is 0 Å². The predicted octanol–water partition coefficient (Wildman–Crippen LogP) is 3.19. The van der Waals surface area contributed by atoms with Crippen molar-refractivity contribution in [1.29, 1.82) is 0 Å². The van der Waals surface area contributed by atoms with Gasteiger partial charge < -0.3 is 4.74 Å². The van der Waals surface area contributed by atoms with Gasteiger partial charge in [-0.1, -0.05) is 36.2 Å². The summed E-state index contributed by atoms with van der Waals surface area (Å²) < 4.78 is 6.91. The molecule has 2 unspecified atom stereocenters. The molecule has 4 heteroatoms. The van der Waals surface area contributed by atoms with Crippen LogP contribution in [0.15, 0.2) is 16.6 Å². The average molecular weight is 327 g/mol. The molecule has 19 heavy (non-hydrogen) atoms. The van der Waals surface area contributed by atoms with Crippen LogP contribution in [0, 0.1) is 5.92 Å². The maximum Gasteiger partial charge on any atom is 0.125 e. The van der Waals surface area contributed by atoms with Crippen LogP contribution in [-0.2, 0) is 12.8 Å². The molecule has 2 rings (SSSR count). The van der Waals surface area contributed by atoms with Gasteiger partial charge in [0.25, 0.3) is 0 Å². The Morgan fingerprint density at radius 1 is 1.47 bits per heavy atom. The molecule has 0 bridgehead atoms. The summed E-state index contributed by atoms with van der Waals surface area (Å²) in [5, 5.41) is 0. The lowest BCUT2D eigenvalue weighted by Crippen LogP contribution is -2.41. The Bertz CT molecular complexity index is 436. The molecule has 0 spiro atoms. The number of rotatable bonds is 6. The second-order valence-electron chi connectivity index (χ2n) is 5.39. The lowest BCUT2D eigenvalue weighted by atomic mass is 9.91. The molecule has 0 radical (unpaired) electrons. The van der Waals surface area contributed by atoms with Crippen LogP contribution < -0.4 is 16.0 Å². The van der Waals surface area contributed by atoms with E-state index < -0.39 is 0 Å². The molecule has 0 fully saturated rings. The molecule has 106 valence electrons. The molecule has 0 saturated heterocycles. The number of hydrogen-bond donors (Lipinski definition) is 2. The van der Waals surface area contributed by atoms with Gasteiger partial charge in [-0.25, -0.2) is 0 Å². The Balaban J connectivity index is 2.18. The lowest BCUT2D eigenvalue weighted by molar-refractivity contribution is 0.336. The van der Waals surface area contributed by atoms with E-state index in [-0.39, 0.29) is 0 Å². The number of nitrogens with one attached hydrogen (secondary N) is 1. The van der Waals surface area contributed by atoms with E-state index in [1.807, 2.05) is 0 Å². The largest absolute Gasteiger partial charge is 0.493 e. The van der Waals surface area contributed by atoms with Gasteiger partial charge in [0.15, 0.2) is 0 Å². The molecule has 0 amide bonds. The summed E-state index contributed by atoms with van der Waals surface area (Å²) in [6, 6.07) is 4.61. The van der Waals surface area contributed by atoms with Crippen LogP contribution in [0.25, 0.3) is 0 Å². The van der Waals surface area contributed by atoms with E-state index in [1.165, 1.54) is 24.0 Å². The maximum absolute atomic E-state index is 5.78. The van der Waals surface area contributed by atoms with Crippen molar-refractivity contribution in [3.63, 3.8) is 0 Å². The Labute approximate surface area is 124 Å². The van der Waals surface area contributed by atoms with Crippen LogP contribution in [0.5, 0.6) is 5.75 Å². The standard InChI is InChI=1S/C15H23BrN2O/c1-3-4-10(2)14(18-17)9-12-8-13(16)7-11-5-6-19-15(11)12/h7-8,10,14,18H,3-6,9,17H2,1-2H3. The van der Waals surface area contributed by atoms with Crippen molar-refractivity contribution in [1.82, 2.24) is 5.43 Å². The molecular formula is C15H23BrN2O. The Morgan fingerprint density at radius 2 is 2.26 bits per heavy atom. The first-order valence-corrected chi connectivity index (χ1v) is 7.85. The van der Waals surface area contributed by atoms with Gasteiger partial charge in [0.1, 0.15) is 5.75 Å². The first-order valence-electron chi connectivity index (χ1n) is 7.06. The third-order valence-corrected chi connectivity index (χ3v) is 4.37. The van der Waals surface area contributed by atoms with Crippen molar-refractivity contribution < 1.29 is 4.74 Å². The normalized spacial score (nSPS) is 16.8. The van der Waals surface area contributed by atoms with Crippen molar-refractivity contribution >= 4 is 15.9 Å². The van der Waals surface area contributed by atoms with Crippen LogP contribution in [0.2, 0.25) is 0 Å². The molecule has 0 aliphatic carbocycles. The summed E-state index contributed by atoms with van der Waals surface area (Å²) in [6.45, 7) is 5.26. The van der Waals surface area contributed by atoms with E-state index in [1.54, 1.807) is 0 Å². The topological polar surface area (TPSA) is 47.3 Å². The van der Waals surface area contributed by atoms with Crippen molar-refractivity contribution in [2.45, 2.75) is 45.6 Å². The Morgan fingerprint density at radius 3 is 2.95 bits per heavy atom. The molecule has 1 aromatic carbocycles. The second-order valence-corrected chi connectivity index (χ2v) is 6.31. The van der Waals surface area contributed by atoms with Crippen molar-refractivity contribution in [3.8, 4) is 5.75 Å². The van der Waals surface area contributed by atoms with Crippen molar-refractivity contribution in [2.75, 3.05) is 6.61 Å². The number of hydrazine groups is 1. The number of benzene rings is 1.